The fourth-order valence-corrected chi connectivity index (χ4v) is 1.38. The van der Waals surface area contributed by atoms with Crippen LogP contribution in [-0.4, -0.2) is 22.0 Å². The lowest BCUT2D eigenvalue weighted by Gasteiger charge is -2.17. The number of aliphatic carboxylic acids is 1. The summed E-state index contributed by atoms with van der Waals surface area (Å²) in [4.78, 5) is 25.7. The number of nitrogens with zero attached hydrogens (tertiary/aromatic N) is 1. The van der Waals surface area contributed by atoms with Gasteiger partial charge in [-0.2, -0.15) is 0 Å². The summed E-state index contributed by atoms with van der Waals surface area (Å²) in [5.41, 5.74) is -0.155. The first kappa shape index (κ1) is 13.2. The highest BCUT2D eigenvalue weighted by Crippen LogP contribution is 2.28. The van der Waals surface area contributed by atoms with Crippen molar-refractivity contribution in [2.45, 2.75) is 13.0 Å². The van der Waals surface area contributed by atoms with Crippen LogP contribution in [0.4, 0.5) is 0 Å². The number of halogens is 1. The molecule has 5 nitrogen and oxygen atoms in total. The van der Waals surface area contributed by atoms with Gasteiger partial charge in [-0.25, -0.2) is 4.79 Å². The zero-order valence-corrected chi connectivity index (χ0v) is 9.77. The molecule has 1 aromatic rings. The third-order valence-corrected chi connectivity index (χ3v) is 2.23. The van der Waals surface area contributed by atoms with Crippen LogP contribution in [0.15, 0.2) is 30.5 Å². The third-order valence-electron chi connectivity index (χ3n) is 1.91. The molecule has 1 rings (SSSR count). The summed E-state index contributed by atoms with van der Waals surface area (Å²) in [6.45, 7) is 4.52. The van der Waals surface area contributed by atoms with Crippen molar-refractivity contribution in [1.29, 1.82) is 0 Å². The Balaban J connectivity index is 3.15. The van der Waals surface area contributed by atoms with Crippen LogP contribution >= 0.6 is 11.6 Å². The molecular weight excluding hydrogens is 246 g/mol. The number of aromatic nitrogens is 1. The summed E-state index contributed by atoms with van der Waals surface area (Å²) < 4.78 is 4.87. The predicted octanol–water partition coefficient (Wildman–Crippen LogP) is 1.98. The molecule has 0 aromatic carbocycles. The Labute approximate surface area is 103 Å². The molecule has 0 aliphatic rings. The smallest absolute Gasteiger partial charge is 0.335 e. The molecule has 90 valence electrons. The van der Waals surface area contributed by atoms with Gasteiger partial charge in [0.1, 0.15) is 5.69 Å². The molecule has 0 saturated carbocycles. The van der Waals surface area contributed by atoms with Crippen molar-refractivity contribution >= 4 is 23.5 Å². The zero-order valence-electron chi connectivity index (χ0n) is 9.01. The van der Waals surface area contributed by atoms with E-state index in [1.165, 1.54) is 19.2 Å². The summed E-state index contributed by atoms with van der Waals surface area (Å²) in [6, 6.07) is 3.11. The molecule has 0 radical (unpaired) electrons. The van der Waals surface area contributed by atoms with E-state index in [2.05, 4.69) is 11.6 Å². The van der Waals surface area contributed by atoms with Crippen LogP contribution in [0.25, 0.3) is 0 Å². The molecule has 0 saturated heterocycles. The summed E-state index contributed by atoms with van der Waals surface area (Å²) in [6.07, 6.45) is 0.242. The average molecular weight is 256 g/mol. The maximum absolute atomic E-state index is 10.9. The lowest BCUT2D eigenvalue weighted by atomic mass is 10.1. The molecule has 1 aromatic heterocycles. The number of rotatable bonds is 4. The minimum atomic E-state index is -1.28. The maximum atomic E-state index is 10.9. The summed E-state index contributed by atoms with van der Waals surface area (Å²) >= 11 is 5.86. The van der Waals surface area contributed by atoms with E-state index in [0.717, 1.165) is 0 Å². The molecule has 1 atom stereocenters. The third kappa shape index (κ3) is 3.29. The molecule has 1 N–H and O–H groups in total. The van der Waals surface area contributed by atoms with E-state index in [1.807, 2.05) is 0 Å². The van der Waals surface area contributed by atoms with Gasteiger partial charge in [0.05, 0.1) is 10.6 Å². The molecule has 0 fully saturated rings. The Kier molecular flexibility index (Phi) is 4.23. The van der Waals surface area contributed by atoms with Gasteiger partial charge in [-0.1, -0.05) is 18.2 Å². The SMILES string of the molecule is C=C(C(=O)O)C(OC(C)=O)c1ncccc1Cl. The van der Waals surface area contributed by atoms with E-state index < -0.39 is 18.0 Å². The maximum Gasteiger partial charge on any atom is 0.335 e. The first-order valence-corrected chi connectivity index (χ1v) is 5.01. The van der Waals surface area contributed by atoms with Crippen LogP contribution in [0.5, 0.6) is 0 Å². The van der Waals surface area contributed by atoms with Gasteiger partial charge in [-0.05, 0) is 12.1 Å². The Bertz CT molecular complexity index is 472. The molecule has 1 heterocycles. The van der Waals surface area contributed by atoms with Crippen molar-refractivity contribution in [1.82, 2.24) is 4.98 Å². The van der Waals surface area contributed by atoms with Gasteiger partial charge in [0.25, 0.3) is 0 Å². The summed E-state index contributed by atoms with van der Waals surface area (Å²) in [5.74, 6) is -1.92. The number of esters is 1. The Morgan fingerprint density at radius 1 is 1.59 bits per heavy atom. The van der Waals surface area contributed by atoms with Crippen molar-refractivity contribution in [2.75, 3.05) is 0 Å². The van der Waals surface area contributed by atoms with Crippen LogP contribution in [0.1, 0.15) is 18.7 Å². The van der Waals surface area contributed by atoms with Crippen LogP contribution < -0.4 is 0 Å². The first-order chi connectivity index (χ1) is 7.93. The predicted molar refractivity (Wildman–Crippen MR) is 60.5 cm³/mol. The zero-order chi connectivity index (χ0) is 13.0. The number of carboxylic acid groups (broad SMARTS) is 1. The molecule has 0 amide bonds. The minimum absolute atomic E-state index is 0.150. The molecule has 0 aliphatic carbocycles. The lowest BCUT2D eigenvalue weighted by molar-refractivity contribution is -0.146. The van der Waals surface area contributed by atoms with Crippen LogP contribution in [0, 0.1) is 0 Å². The van der Waals surface area contributed by atoms with Gasteiger partial charge < -0.3 is 9.84 Å². The Morgan fingerprint density at radius 3 is 2.71 bits per heavy atom. The Hall–Kier alpha value is -1.88. The molecule has 0 spiro atoms. The fraction of sp³-hybridized carbons (Fsp3) is 0.182. The summed E-state index contributed by atoms with van der Waals surface area (Å²) in [7, 11) is 0. The second-order valence-corrected chi connectivity index (χ2v) is 3.60. The molecular formula is C11H10ClNO4. The number of hydrogen-bond donors (Lipinski definition) is 1. The normalized spacial score (nSPS) is 11.6. The van der Waals surface area contributed by atoms with Gasteiger partial charge in [-0.15, -0.1) is 0 Å². The quantitative estimate of drug-likeness (QED) is 0.658. The van der Waals surface area contributed by atoms with Crippen molar-refractivity contribution in [3.05, 3.63) is 41.2 Å². The van der Waals surface area contributed by atoms with E-state index >= 15 is 0 Å². The lowest BCUT2D eigenvalue weighted by Crippen LogP contribution is -2.17. The van der Waals surface area contributed by atoms with Crippen molar-refractivity contribution < 1.29 is 19.4 Å². The standard InChI is InChI=1S/C11H10ClNO4/c1-6(11(15)16)10(17-7(2)14)9-8(12)4-3-5-13-9/h3-5,10H,1H2,2H3,(H,15,16). The second-order valence-electron chi connectivity index (χ2n) is 3.19. The van der Waals surface area contributed by atoms with Crippen LogP contribution in [-0.2, 0) is 14.3 Å². The highest BCUT2D eigenvalue weighted by molar-refractivity contribution is 6.31. The second kappa shape index (κ2) is 5.45. The monoisotopic (exact) mass is 255 g/mol. The van der Waals surface area contributed by atoms with Crippen LogP contribution in [0.2, 0.25) is 5.02 Å². The number of pyridine rings is 1. The van der Waals surface area contributed by atoms with E-state index in [-0.39, 0.29) is 16.3 Å². The van der Waals surface area contributed by atoms with Gasteiger partial charge in [0, 0.05) is 13.1 Å². The first-order valence-electron chi connectivity index (χ1n) is 4.63. The highest BCUT2D eigenvalue weighted by Gasteiger charge is 2.26. The van der Waals surface area contributed by atoms with E-state index in [1.54, 1.807) is 6.07 Å². The average Bonchev–Trinajstić information content (AvgIpc) is 2.25. The van der Waals surface area contributed by atoms with Gasteiger partial charge in [0.2, 0.25) is 0 Å². The number of carbonyl (C=O) groups excluding carboxylic acids is 1. The molecule has 17 heavy (non-hydrogen) atoms. The number of hydrogen-bond acceptors (Lipinski definition) is 4. The van der Waals surface area contributed by atoms with Gasteiger partial charge in [0.15, 0.2) is 6.10 Å². The van der Waals surface area contributed by atoms with E-state index in [4.69, 9.17) is 21.4 Å². The number of carboxylic acids is 1. The topological polar surface area (TPSA) is 76.5 Å². The molecule has 6 heteroatoms. The van der Waals surface area contributed by atoms with E-state index in [0.29, 0.717) is 0 Å². The summed E-state index contributed by atoms with van der Waals surface area (Å²) in [5, 5.41) is 9.07. The fourth-order valence-electron chi connectivity index (χ4n) is 1.16. The van der Waals surface area contributed by atoms with Crippen molar-refractivity contribution in [3.8, 4) is 0 Å². The van der Waals surface area contributed by atoms with Crippen molar-refractivity contribution in [2.24, 2.45) is 0 Å². The number of ether oxygens (including phenoxy) is 1. The largest absolute Gasteiger partial charge is 0.478 e. The van der Waals surface area contributed by atoms with Gasteiger partial charge >= 0.3 is 11.9 Å². The molecule has 0 bridgehead atoms. The van der Waals surface area contributed by atoms with Crippen LogP contribution in [0.3, 0.4) is 0 Å². The minimum Gasteiger partial charge on any atom is -0.478 e. The van der Waals surface area contributed by atoms with E-state index in [9.17, 15) is 9.59 Å². The Morgan fingerprint density at radius 2 is 2.24 bits per heavy atom. The van der Waals surface area contributed by atoms with Gasteiger partial charge in [-0.3, -0.25) is 9.78 Å². The number of carbonyl (C=O) groups is 2. The molecule has 1 unspecified atom stereocenters. The molecule has 0 aliphatic heterocycles. The van der Waals surface area contributed by atoms with Crippen molar-refractivity contribution in [3.63, 3.8) is 0 Å². The highest BCUT2D eigenvalue weighted by atomic mass is 35.5.